The van der Waals surface area contributed by atoms with Crippen LogP contribution in [0, 0.1) is 0 Å². The van der Waals surface area contributed by atoms with E-state index in [0.717, 1.165) is 17.9 Å². The van der Waals surface area contributed by atoms with Gasteiger partial charge in [-0.3, -0.25) is 9.89 Å². The Morgan fingerprint density at radius 1 is 1.79 bits per heavy atom. The Labute approximate surface area is 87.1 Å². The van der Waals surface area contributed by atoms with Gasteiger partial charge in [0.1, 0.15) is 0 Å². The van der Waals surface area contributed by atoms with Gasteiger partial charge in [0, 0.05) is 25.0 Å². The van der Waals surface area contributed by atoms with Gasteiger partial charge in [0.2, 0.25) is 0 Å². The molecule has 4 nitrogen and oxygen atoms in total. The number of nitrogens with zero attached hydrogens (tertiary/aromatic N) is 2. The second-order valence-electron chi connectivity index (χ2n) is 3.42. The van der Waals surface area contributed by atoms with E-state index < -0.39 is 0 Å². The number of nitrogens with one attached hydrogen (secondary N) is 1. The lowest BCUT2D eigenvalue weighted by molar-refractivity contribution is 0.0748. The Morgan fingerprint density at radius 2 is 2.64 bits per heavy atom. The van der Waals surface area contributed by atoms with Crippen LogP contribution in [-0.4, -0.2) is 45.6 Å². The number of amides is 1. The maximum Gasteiger partial charge on any atom is 0.257 e. The normalized spacial score (nSPS) is 21.1. The van der Waals surface area contributed by atoms with Gasteiger partial charge in [0.25, 0.3) is 5.91 Å². The average molecular weight is 211 g/mol. The number of hydrogen-bond donors (Lipinski definition) is 1. The molecule has 1 aliphatic heterocycles. The number of aromatic nitrogens is 2. The average Bonchev–Trinajstić information content (AvgIpc) is 2.87. The number of carbonyl (C=O) groups is 1. The summed E-state index contributed by atoms with van der Waals surface area (Å²) in [4.78, 5) is 13.7. The molecule has 1 saturated heterocycles. The fourth-order valence-electron chi connectivity index (χ4n) is 1.56. The minimum atomic E-state index is 0.0613. The van der Waals surface area contributed by atoms with Gasteiger partial charge in [-0.25, -0.2) is 0 Å². The summed E-state index contributed by atoms with van der Waals surface area (Å²) < 4.78 is 0. The van der Waals surface area contributed by atoms with Crippen molar-refractivity contribution in [2.24, 2.45) is 0 Å². The van der Waals surface area contributed by atoms with E-state index >= 15 is 0 Å². The van der Waals surface area contributed by atoms with Crippen LogP contribution in [0.3, 0.4) is 0 Å². The molecule has 5 heteroatoms. The third kappa shape index (κ3) is 1.77. The zero-order valence-electron chi connectivity index (χ0n) is 8.06. The monoisotopic (exact) mass is 211 g/mol. The standard InChI is InChI=1S/C9H13N3OS/c1-12(8-2-3-14-6-8)9(13)7-4-10-11-5-7/h4-5,8H,2-3,6H2,1H3,(H,10,11). The number of rotatable bonds is 2. The van der Waals surface area contributed by atoms with Crippen molar-refractivity contribution in [3.63, 3.8) is 0 Å². The molecule has 0 aliphatic carbocycles. The molecule has 14 heavy (non-hydrogen) atoms. The number of hydrogen-bond acceptors (Lipinski definition) is 3. The first-order valence-corrected chi connectivity index (χ1v) is 5.78. The Balaban J connectivity index is 2.04. The van der Waals surface area contributed by atoms with Crippen molar-refractivity contribution in [1.82, 2.24) is 15.1 Å². The van der Waals surface area contributed by atoms with Crippen LogP contribution < -0.4 is 0 Å². The van der Waals surface area contributed by atoms with Crippen LogP contribution in [0.1, 0.15) is 16.8 Å². The van der Waals surface area contributed by atoms with Crippen LogP contribution >= 0.6 is 11.8 Å². The molecule has 1 atom stereocenters. The highest BCUT2D eigenvalue weighted by Gasteiger charge is 2.24. The van der Waals surface area contributed by atoms with Crippen molar-refractivity contribution in [2.75, 3.05) is 18.6 Å². The zero-order chi connectivity index (χ0) is 9.97. The third-order valence-electron chi connectivity index (χ3n) is 2.52. The van der Waals surface area contributed by atoms with Gasteiger partial charge in [-0.15, -0.1) is 0 Å². The lowest BCUT2D eigenvalue weighted by atomic mass is 10.2. The fraction of sp³-hybridized carbons (Fsp3) is 0.556. The summed E-state index contributed by atoms with van der Waals surface area (Å²) in [5, 5.41) is 6.43. The second-order valence-corrected chi connectivity index (χ2v) is 4.57. The van der Waals surface area contributed by atoms with E-state index in [1.165, 1.54) is 0 Å². The molecule has 1 fully saturated rings. The summed E-state index contributed by atoms with van der Waals surface area (Å²) in [5.74, 6) is 2.28. The molecule has 1 aliphatic rings. The van der Waals surface area contributed by atoms with Crippen LogP contribution in [0.5, 0.6) is 0 Å². The van der Waals surface area contributed by atoms with Crippen molar-refractivity contribution >= 4 is 17.7 Å². The molecule has 76 valence electrons. The Morgan fingerprint density at radius 3 is 3.21 bits per heavy atom. The van der Waals surface area contributed by atoms with Crippen molar-refractivity contribution in [3.8, 4) is 0 Å². The first kappa shape index (κ1) is 9.58. The van der Waals surface area contributed by atoms with Gasteiger partial charge in [-0.05, 0) is 12.2 Å². The van der Waals surface area contributed by atoms with E-state index in [2.05, 4.69) is 10.2 Å². The van der Waals surface area contributed by atoms with Gasteiger partial charge in [-0.2, -0.15) is 16.9 Å². The van der Waals surface area contributed by atoms with Gasteiger partial charge in [0.05, 0.1) is 11.8 Å². The lowest BCUT2D eigenvalue weighted by Crippen LogP contribution is -2.36. The fourth-order valence-corrected chi connectivity index (χ4v) is 2.83. The molecule has 1 N–H and O–H groups in total. The molecule has 0 bridgehead atoms. The largest absolute Gasteiger partial charge is 0.338 e. The first-order valence-electron chi connectivity index (χ1n) is 4.62. The smallest absolute Gasteiger partial charge is 0.257 e. The van der Waals surface area contributed by atoms with Crippen molar-refractivity contribution < 1.29 is 4.79 Å². The summed E-state index contributed by atoms with van der Waals surface area (Å²) in [6.45, 7) is 0. The third-order valence-corrected chi connectivity index (χ3v) is 3.66. The number of carbonyl (C=O) groups excluding carboxylic acids is 1. The van der Waals surface area contributed by atoms with Crippen LogP contribution in [-0.2, 0) is 0 Å². The summed E-state index contributed by atoms with van der Waals surface area (Å²) >= 11 is 1.91. The van der Waals surface area contributed by atoms with Crippen LogP contribution in [0.2, 0.25) is 0 Å². The van der Waals surface area contributed by atoms with Gasteiger partial charge in [0.15, 0.2) is 0 Å². The Bertz CT molecular complexity index is 306. The Hall–Kier alpha value is -0.970. The highest BCUT2D eigenvalue weighted by atomic mass is 32.2. The van der Waals surface area contributed by atoms with Crippen molar-refractivity contribution in [3.05, 3.63) is 18.0 Å². The van der Waals surface area contributed by atoms with Crippen LogP contribution in [0.25, 0.3) is 0 Å². The second kappa shape index (κ2) is 4.04. The minimum absolute atomic E-state index is 0.0613. The molecule has 0 spiro atoms. The first-order chi connectivity index (χ1) is 6.79. The predicted molar refractivity (Wildman–Crippen MR) is 56.4 cm³/mol. The van der Waals surface area contributed by atoms with Crippen molar-refractivity contribution in [1.29, 1.82) is 0 Å². The van der Waals surface area contributed by atoms with E-state index in [1.807, 2.05) is 23.7 Å². The van der Waals surface area contributed by atoms with Crippen molar-refractivity contribution in [2.45, 2.75) is 12.5 Å². The molecule has 1 unspecified atom stereocenters. The van der Waals surface area contributed by atoms with E-state index in [-0.39, 0.29) is 5.91 Å². The number of H-pyrrole nitrogens is 1. The van der Waals surface area contributed by atoms with Crippen LogP contribution in [0.15, 0.2) is 12.4 Å². The molecule has 2 rings (SSSR count). The summed E-state index contributed by atoms with van der Waals surface area (Å²) in [6.07, 6.45) is 4.31. The molecule has 0 radical (unpaired) electrons. The highest BCUT2D eigenvalue weighted by molar-refractivity contribution is 7.99. The Kier molecular flexibility index (Phi) is 2.77. The van der Waals surface area contributed by atoms with Gasteiger partial charge < -0.3 is 4.90 Å². The summed E-state index contributed by atoms with van der Waals surface area (Å²) in [5.41, 5.74) is 0.643. The summed E-state index contributed by atoms with van der Waals surface area (Å²) in [7, 11) is 1.87. The summed E-state index contributed by atoms with van der Waals surface area (Å²) in [6, 6.07) is 0.391. The molecular weight excluding hydrogens is 198 g/mol. The minimum Gasteiger partial charge on any atom is -0.338 e. The molecular formula is C9H13N3OS. The quantitative estimate of drug-likeness (QED) is 0.793. The number of aromatic amines is 1. The molecule has 1 aromatic heterocycles. The van der Waals surface area contributed by atoms with Gasteiger partial charge in [-0.1, -0.05) is 0 Å². The maximum atomic E-state index is 11.8. The molecule has 0 saturated carbocycles. The van der Waals surface area contributed by atoms with E-state index in [4.69, 9.17) is 0 Å². The number of thioether (sulfide) groups is 1. The highest BCUT2D eigenvalue weighted by Crippen LogP contribution is 2.22. The maximum absolute atomic E-state index is 11.8. The van der Waals surface area contributed by atoms with Gasteiger partial charge >= 0.3 is 0 Å². The predicted octanol–water partition coefficient (Wildman–Crippen LogP) is 0.987. The SMILES string of the molecule is CN(C(=O)c1cn[nH]c1)C1CCSC1. The molecule has 1 amide bonds. The zero-order valence-corrected chi connectivity index (χ0v) is 8.88. The van der Waals surface area contributed by atoms with Crippen LogP contribution in [0.4, 0.5) is 0 Å². The van der Waals surface area contributed by atoms with E-state index in [9.17, 15) is 4.79 Å². The lowest BCUT2D eigenvalue weighted by Gasteiger charge is -2.22. The molecule has 0 aromatic carbocycles. The molecule has 1 aromatic rings. The van der Waals surface area contributed by atoms with E-state index in [1.54, 1.807) is 12.4 Å². The molecule has 2 heterocycles. The van der Waals surface area contributed by atoms with E-state index in [0.29, 0.717) is 11.6 Å². The topological polar surface area (TPSA) is 49.0 Å².